The summed E-state index contributed by atoms with van der Waals surface area (Å²) in [4.78, 5) is 13.5. The third-order valence-electron chi connectivity index (χ3n) is 3.31. The minimum absolute atomic E-state index is 0.0514. The van der Waals surface area contributed by atoms with Crippen LogP contribution in [-0.4, -0.2) is 51.7 Å². The molecule has 20 heavy (non-hydrogen) atoms. The number of nitrogens with one attached hydrogen (secondary N) is 1. The maximum atomic E-state index is 11.6. The van der Waals surface area contributed by atoms with Crippen LogP contribution in [0, 0.1) is 5.92 Å². The molecule has 1 aromatic carbocycles. The standard InChI is InChI=1S/C15H22N2O3/c1-17(2)9-15(18)16-8-11-6-12-4-5-13(19-3)7-14(12)20-10-11/h4-5,7,11H,6,8-10H2,1-3H3,(H,16,18). The normalized spacial score (nSPS) is 17.3. The fraction of sp³-hybridized carbons (Fsp3) is 0.533. The van der Waals surface area contributed by atoms with E-state index in [1.807, 2.05) is 37.2 Å². The number of carbonyl (C=O) groups is 1. The first-order valence-electron chi connectivity index (χ1n) is 6.79. The molecule has 1 aromatic rings. The molecule has 0 radical (unpaired) electrons. The second kappa shape index (κ2) is 6.61. The van der Waals surface area contributed by atoms with Crippen molar-refractivity contribution in [2.75, 3.05) is 40.9 Å². The Hall–Kier alpha value is -1.75. The molecule has 0 spiro atoms. The van der Waals surface area contributed by atoms with Crippen LogP contribution in [-0.2, 0) is 11.2 Å². The van der Waals surface area contributed by atoms with E-state index in [0.717, 1.165) is 17.9 Å². The van der Waals surface area contributed by atoms with Crippen molar-refractivity contribution in [1.82, 2.24) is 10.2 Å². The molecular formula is C15H22N2O3. The summed E-state index contributed by atoms with van der Waals surface area (Å²) in [6, 6.07) is 5.88. The summed E-state index contributed by atoms with van der Waals surface area (Å²) in [5.41, 5.74) is 1.17. The van der Waals surface area contributed by atoms with Crippen LogP contribution in [0.15, 0.2) is 18.2 Å². The minimum Gasteiger partial charge on any atom is -0.497 e. The highest BCUT2D eigenvalue weighted by molar-refractivity contribution is 5.77. The van der Waals surface area contributed by atoms with Crippen LogP contribution >= 0.6 is 0 Å². The Bertz CT molecular complexity index is 474. The zero-order valence-electron chi connectivity index (χ0n) is 12.3. The Kier molecular flexibility index (Phi) is 4.84. The Labute approximate surface area is 119 Å². The van der Waals surface area contributed by atoms with Crippen molar-refractivity contribution in [3.05, 3.63) is 23.8 Å². The van der Waals surface area contributed by atoms with Crippen LogP contribution in [0.1, 0.15) is 5.56 Å². The van der Waals surface area contributed by atoms with Crippen LogP contribution in [0.4, 0.5) is 0 Å². The number of ether oxygens (including phenoxy) is 2. The Morgan fingerprint density at radius 1 is 1.50 bits per heavy atom. The second-order valence-corrected chi connectivity index (χ2v) is 5.40. The molecule has 1 aliphatic rings. The molecule has 1 atom stereocenters. The Morgan fingerprint density at radius 2 is 2.30 bits per heavy atom. The number of likely N-dealkylation sites (N-methyl/N-ethyl adjacent to an activating group) is 1. The number of nitrogens with zero attached hydrogens (tertiary/aromatic N) is 1. The van der Waals surface area contributed by atoms with Crippen LogP contribution in [0.25, 0.3) is 0 Å². The molecule has 0 fully saturated rings. The van der Waals surface area contributed by atoms with Gasteiger partial charge in [0.1, 0.15) is 11.5 Å². The second-order valence-electron chi connectivity index (χ2n) is 5.40. The molecule has 1 N–H and O–H groups in total. The molecule has 0 aliphatic carbocycles. The van der Waals surface area contributed by atoms with Gasteiger partial charge in [-0.3, -0.25) is 4.79 Å². The first kappa shape index (κ1) is 14.7. The summed E-state index contributed by atoms with van der Waals surface area (Å²) in [6.45, 7) is 1.70. The van der Waals surface area contributed by atoms with Gasteiger partial charge in [-0.1, -0.05) is 6.07 Å². The van der Waals surface area contributed by atoms with E-state index in [-0.39, 0.29) is 5.91 Å². The molecule has 0 bridgehead atoms. The van der Waals surface area contributed by atoms with Crippen molar-refractivity contribution in [3.63, 3.8) is 0 Å². The summed E-state index contributed by atoms with van der Waals surface area (Å²) in [7, 11) is 5.41. The van der Waals surface area contributed by atoms with Gasteiger partial charge < -0.3 is 19.7 Å². The van der Waals surface area contributed by atoms with Crippen molar-refractivity contribution < 1.29 is 14.3 Å². The summed E-state index contributed by atoms with van der Waals surface area (Å²) in [5.74, 6) is 2.07. The van der Waals surface area contributed by atoms with E-state index < -0.39 is 0 Å². The van der Waals surface area contributed by atoms with Gasteiger partial charge in [-0.2, -0.15) is 0 Å². The predicted molar refractivity (Wildman–Crippen MR) is 77.2 cm³/mol. The molecule has 1 unspecified atom stereocenters. The van der Waals surface area contributed by atoms with Gasteiger partial charge in [-0.15, -0.1) is 0 Å². The fourth-order valence-electron chi connectivity index (χ4n) is 2.27. The maximum Gasteiger partial charge on any atom is 0.234 e. The predicted octanol–water partition coefficient (Wildman–Crippen LogP) is 0.924. The highest BCUT2D eigenvalue weighted by Gasteiger charge is 2.20. The topological polar surface area (TPSA) is 50.8 Å². The van der Waals surface area contributed by atoms with Crippen molar-refractivity contribution in [2.45, 2.75) is 6.42 Å². The third kappa shape index (κ3) is 3.87. The minimum atomic E-state index is 0.0514. The van der Waals surface area contributed by atoms with E-state index in [4.69, 9.17) is 9.47 Å². The van der Waals surface area contributed by atoms with Crippen molar-refractivity contribution in [3.8, 4) is 11.5 Å². The fourth-order valence-corrected chi connectivity index (χ4v) is 2.27. The number of hydrogen-bond donors (Lipinski definition) is 1. The van der Waals surface area contributed by atoms with Crippen LogP contribution < -0.4 is 14.8 Å². The van der Waals surface area contributed by atoms with Crippen LogP contribution in [0.2, 0.25) is 0 Å². The van der Waals surface area contributed by atoms with Gasteiger partial charge in [-0.25, -0.2) is 0 Å². The Balaban J connectivity index is 1.87. The van der Waals surface area contributed by atoms with Gasteiger partial charge in [0, 0.05) is 18.5 Å². The molecule has 5 nitrogen and oxygen atoms in total. The van der Waals surface area contributed by atoms with Crippen molar-refractivity contribution in [1.29, 1.82) is 0 Å². The lowest BCUT2D eigenvalue weighted by Gasteiger charge is -2.26. The molecule has 5 heteroatoms. The lowest BCUT2D eigenvalue weighted by atomic mass is 9.96. The van der Waals surface area contributed by atoms with Gasteiger partial charge >= 0.3 is 0 Å². The van der Waals surface area contributed by atoms with Crippen molar-refractivity contribution in [2.24, 2.45) is 5.92 Å². The average molecular weight is 278 g/mol. The molecule has 2 rings (SSSR count). The third-order valence-corrected chi connectivity index (χ3v) is 3.31. The lowest BCUT2D eigenvalue weighted by Crippen LogP contribution is -2.38. The van der Waals surface area contributed by atoms with Crippen LogP contribution in [0.3, 0.4) is 0 Å². The van der Waals surface area contributed by atoms with Gasteiger partial charge in [0.15, 0.2) is 0 Å². The highest BCUT2D eigenvalue weighted by Crippen LogP contribution is 2.30. The van der Waals surface area contributed by atoms with Gasteiger partial charge in [-0.05, 0) is 32.1 Å². The number of methoxy groups -OCH3 is 1. The van der Waals surface area contributed by atoms with E-state index in [9.17, 15) is 4.79 Å². The first-order valence-corrected chi connectivity index (χ1v) is 6.79. The summed E-state index contributed by atoms with van der Waals surface area (Å²) >= 11 is 0. The average Bonchev–Trinajstić information content (AvgIpc) is 2.43. The number of rotatable bonds is 5. The maximum absolute atomic E-state index is 11.6. The SMILES string of the molecule is COc1ccc2c(c1)OCC(CNC(=O)CN(C)C)C2. The molecule has 1 amide bonds. The number of fused-ring (bicyclic) bond motifs is 1. The molecule has 1 heterocycles. The zero-order chi connectivity index (χ0) is 14.5. The molecule has 0 saturated heterocycles. The molecule has 110 valence electrons. The quantitative estimate of drug-likeness (QED) is 0.870. The van der Waals surface area contributed by atoms with Gasteiger partial charge in [0.25, 0.3) is 0 Å². The van der Waals surface area contributed by atoms with Gasteiger partial charge in [0.2, 0.25) is 5.91 Å². The Morgan fingerprint density at radius 3 is 3.00 bits per heavy atom. The van der Waals surface area contributed by atoms with E-state index >= 15 is 0 Å². The number of benzene rings is 1. The van der Waals surface area contributed by atoms with E-state index in [2.05, 4.69) is 5.32 Å². The van der Waals surface area contributed by atoms with Crippen molar-refractivity contribution >= 4 is 5.91 Å². The molecular weight excluding hydrogens is 256 g/mol. The molecule has 1 aliphatic heterocycles. The van der Waals surface area contributed by atoms with E-state index in [1.54, 1.807) is 7.11 Å². The van der Waals surface area contributed by atoms with Crippen LogP contribution in [0.5, 0.6) is 11.5 Å². The molecule has 0 aromatic heterocycles. The first-order chi connectivity index (χ1) is 9.58. The number of amides is 1. The smallest absolute Gasteiger partial charge is 0.234 e. The lowest BCUT2D eigenvalue weighted by molar-refractivity contribution is -0.121. The number of carbonyl (C=O) groups excluding carboxylic acids is 1. The van der Waals surface area contributed by atoms with Gasteiger partial charge in [0.05, 0.1) is 20.3 Å². The summed E-state index contributed by atoms with van der Waals surface area (Å²) < 4.78 is 10.9. The number of hydrogen-bond acceptors (Lipinski definition) is 4. The highest BCUT2D eigenvalue weighted by atomic mass is 16.5. The monoisotopic (exact) mass is 278 g/mol. The summed E-state index contributed by atoms with van der Waals surface area (Å²) in [6.07, 6.45) is 0.918. The van der Waals surface area contributed by atoms with E-state index in [0.29, 0.717) is 25.6 Å². The summed E-state index contributed by atoms with van der Waals surface area (Å²) in [5, 5.41) is 2.95. The molecule has 0 saturated carbocycles. The zero-order valence-corrected chi connectivity index (χ0v) is 12.3. The largest absolute Gasteiger partial charge is 0.497 e. The van der Waals surface area contributed by atoms with E-state index in [1.165, 1.54) is 5.56 Å².